The molecule has 1 aliphatic rings. The summed E-state index contributed by atoms with van der Waals surface area (Å²) in [6.45, 7) is 6.53. The molecular weight excluding hydrogens is 552 g/mol. The molecule has 1 aliphatic heterocycles. The zero-order valence-electron chi connectivity index (χ0n) is 19.6. The van der Waals surface area contributed by atoms with Crippen molar-refractivity contribution in [1.29, 1.82) is 0 Å². The van der Waals surface area contributed by atoms with Crippen molar-refractivity contribution >= 4 is 54.9 Å². The standard InChI is InChI=1S/C25H27BrN2O5S2/c1-4-6-7-15-33-21-13-8-18(16-22(21)32-3)17-23-24(29)28(14-5-2)25(34-23)27-35(30,31)20-11-9-19(26)10-12-20/h5,8-13,16-17H,2,4,6-7,14-15H2,1,3H3. The molecule has 3 rings (SSSR count). The number of sulfonamides is 1. The first-order chi connectivity index (χ1) is 16.8. The summed E-state index contributed by atoms with van der Waals surface area (Å²) >= 11 is 4.29. The summed E-state index contributed by atoms with van der Waals surface area (Å²) in [5.74, 6) is 0.840. The van der Waals surface area contributed by atoms with Gasteiger partial charge in [0.15, 0.2) is 16.7 Å². The molecule has 0 bridgehead atoms. The number of nitrogens with zero attached hydrogens (tertiary/aromatic N) is 2. The first-order valence-electron chi connectivity index (χ1n) is 11.0. The predicted molar refractivity (Wildman–Crippen MR) is 144 cm³/mol. The van der Waals surface area contributed by atoms with E-state index in [-0.39, 0.29) is 22.5 Å². The maximum atomic E-state index is 13.1. The van der Waals surface area contributed by atoms with E-state index < -0.39 is 10.0 Å². The van der Waals surface area contributed by atoms with Crippen molar-refractivity contribution in [1.82, 2.24) is 4.90 Å². The second kappa shape index (κ2) is 12.4. The van der Waals surface area contributed by atoms with Crippen LogP contribution in [0.3, 0.4) is 0 Å². The highest BCUT2D eigenvalue weighted by Crippen LogP contribution is 2.35. The zero-order valence-corrected chi connectivity index (χ0v) is 22.8. The molecular formula is C25H27BrN2O5S2. The van der Waals surface area contributed by atoms with E-state index in [2.05, 4.69) is 33.8 Å². The molecule has 1 heterocycles. The Balaban J connectivity index is 1.88. The number of amides is 1. The van der Waals surface area contributed by atoms with Crippen molar-refractivity contribution in [3.8, 4) is 11.5 Å². The van der Waals surface area contributed by atoms with Gasteiger partial charge in [-0.05, 0) is 66.2 Å². The lowest BCUT2D eigenvalue weighted by molar-refractivity contribution is -0.121. The van der Waals surface area contributed by atoms with Gasteiger partial charge in [-0.15, -0.1) is 11.0 Å². The van der Waals surface area contributed by atoms with Gasteiger partial charge in [0.2, 0.25) is 0 Å². The second-order valence-electron chi connectivity index (χ2n) is 7.58. The van der Waals surface area contributed by atoms with Gasteiger partial charge in [0.05, 0.1) is 23.5 Å². The van der Waals surface area contributed by atoms with E-state index in [1.165, 1.54) is 23.1 Å². The van der Waals surface area contributed by atoms with Gasteiger partial charge in [0.25, 0.3) is 15.9 Å². The Morgan fingerprint density at radius 3 is 2.54 bits per heavy atom. The van der Waals surface area contributed by atoms with Crippen molar-refractivity contribution in [3.05, 3.63) is 70.1 Å². The molecule has 0 saturated carbocycles. The molecule has 0 aliphatic carbocycles. The Morgan fingerprint density at radius 1 is 1.14 bits per heavy atom. The molecule has 0 N–H and O–H groups in total. The van der Waals surface area contributed by atoms with E-state index in [1.807, 2.05) is 6.07 Å². The number of unbranched alkanes of at least 4 members (excludes halogenated alkanes) is 2. The fourth-order valence-electron chi connectivity index (χ4n) is 3.21. The van der Waals surface area contributed by atoms with Crippen LogP contribution < -0.4 is 9.47 Å². The minimum atomic E-state index is -4.01. The van der Waals surface area contributed by atoms with Crippen LogP contribution in [0.4, 0.5) is 0 Å². The Labute approximate surface area is 219 Å². The number of methoxy groups -OCH3 is 1. The summed E-state index contributed by atoms with van der Waals surface area (Å²) < 4.78 is 41.7. The molecule has 1 amide bonds. The van der Waals surface area contributed by atoms with Crippen LogP contribution in [0, 0.1) is 0 Å². The largest absolute Gasteiger partial charge is 0.493 e. The highest BCUT2D eigenvalue weighted by Gasteiger charge is 2.34. The summed E-state index contributed by atoms with van der Waals surface area (Å²) in [4.78, 5) is 14.7. The third-order valence-electron chi connectivity index (χ3n) is 5.00. The van der Waals surface area contributed by atoms with E-state index >= 15 is 0 Å². The van der Waals surface area contributed by atoms with Crippen LogP contribution in [0.15, 0.2) is 73.8 Å². The number of hydrogen-bond acceptors (Lipinski definition) is 6. The van der Waals surface area contributed by atoms with Crippen LogP contribution in [-0.4, -0.2) is 44.7 Å². The third kappa shape index (κ3) is 6.99. The normalized spacial score (nSPS) is 16.2. The SMILES string of the molecule is C=CCN1C(=O)C(=Cc2ccc(OCCCCC)c(OC)c2)SC1=NS(=O)(=O)c1ccc(Br)cc1. The first kappa shape index (κ1) is 27.0. The van der Waals surface area contributed by atoms with Crippen molar-refractivity contribution in [3.63, 3.8) is 0 Å². The Morgan fingerprint density at radius 2 is 1.89 bits per heavy atom. The van der Waals surface area contributed by atoms with Crippen molar-refractivity contribution in [2.75, 3.05) is 20.3 Å². The molecule has 35 heavy (non-hydrogen) atoms. The van der Waals surface area contributed by atoms with Gasteiger partial charge in [0.1, 0.15) is 0 Å². The molecule has 7 nitrogen and oxygen atoms in total. The van der Waals surface area contributed by atoms with Crippen LogP contribution in [0.5, 0.6) is 11.5 Å². The van der Waals surface area contributed by atoms with Crippen LogP contribution in [0.25, 0.3) is 6.08 Å². The lowest BCUT2D eigenvalue weighted by Gasteiger charge is -2.12. The van der Waals surface area contributed by atoms with Crippen molar-refractivity contribution in [2.45, 2.75) is 31.1 Å². The number of carbonyl (C=O) groups is 1. The summed E-state index contributed by atoms with van der Waals surface area (Å²) in [5, 5.41) is 0.0758. The summed E-state index contributed by atoms with van der Waals surface area (Å²) in [6.07, 6.45) is 6.37. The fourth-order valence-corrected chi connectivity index (χ4v) is 5.66. The maximum Gasteiger partial charge on any atom is 0.284 e. The highest BCUT2D eigenvalue weighted by atomic mass is 79.9. The smallest absolute Gasteiger partial charge is 0.284 e. The number of benzene rings is 2. The zero-order chi connectivity index (χ0) is 25.4. The average molecular weight is 580 g/mol. The monoisotopic (exact) mass is 578 g/mol. The molecule has 0 radical (unpaired) electrons. The molecule has 0 aromatic heterocycles. The topological polar surface area (TPSA) is 85.3 Å². The number of ether oxygens (including phenoxy) is 2. The van der Waals surface area contributed by atoms with Crippen molar-refractivity contribution < 1.29 is 22.7 Å². The number of amidine groups is 1. The number of rotatable bonds is 11. The Hall–Kier alpha value is -2.56. The predicted octanol–water partition coefficient (Wildman–Crippen LogP) is 5.87. The second-order valence-corrected chi connectivity index (χ2v) is 11.1. The van der Waals surface area contributed by atoms with Crippen LogP contribution in [-0.2, 0) is 14.8 Å². The Bertz CT molecular complexity index is 1240. The average Bonchev–Trinajstić information content (AvgIpc) is 3.11. The molecule has 2 aromatic carbocycles. The minimum Gasteiger partial charge on any atom is -0.493 e. The van der Waals surface area contributed by atoms with E-state index in [0.29, 0.717) is 28.6 Å². The van der Waals surface area contributed by atoms with Gasteiger partial charge in [0, 0.05) is 11.0 Å². The molecule has 0 unspecified atom stereocenters. The number of thioether (sulfide) groups is 1. The maximum absolute atomic E-state index is 13.1. The molecule has 0 atom stereocenters. The molecule has 0 spiro atoms. The summed E-state index contributed by atoms with van der Waals surface area (Å²) in [5.41, 5.74) is 0.717. The number of hydrogen-bond donors (Lipinski definition) is 0. The summed E-state index contributed by atoms with van der Waals surface area (Å²) in [7, 11) is -2.45. The van der Waals surface area contributed by atoms with E-state index in [0.717, 1.165) is 35.5 Å². The third-order valence-corrected chi connectivity index (χ3v) is 7.93. The Kier molecular flexibility index (Phi) is 9.59. The van der Waals surface area contributed by atoms with E-state index in [1.54, 1.807) is 37.5 Å². The lowest BCUT2D eigenvalue weighted by Crippen LogP contribution is -2.29. The van der Waals surface area contributed by atoms with Gasteiger partial charge in [-0.1, -0.05) is 47.8 Å². The van der Waals surface area contributed by atoms with Crippen LogP contribution >= 0.6 is 27.7 Å². The van der Waals surface area contributed by atoms with Crippen LogP contribution in [0.2, 0.25) is 0 Å². The first-order valence-corrected chi connectivity index (χ1v) is 14.1. The molecule has 186 valence electrons. The molecule has 10 heteroatoms. The van der Waals surface area contributed by atoms with Gasteiger partial charge in [-0.25, -0.2) is 0 Å². The minimum absolute atomic E-state index is 0.0384. The molecule has 1 saturated heterocycles. The fraction of sp³-hybridized carbons (Fsp3) is 0.280. The highest BCUT2D eigenvalue weighted by molar-refractivity contribution is 9.10. The van der Waals surface area contributed by atoms with Crippen LogP contribution in [0.1, 0.15) is 31.7 Å². The van der Waals surface area contributed by atoms with Crippen molar-refractivity contribution in [2.24, 2.45) is 4.40 Å². The quantitative estimate of drug-likeness (QED) is 0.188. The lowest BCUT2D eigenvalue weighted by atomic mass is 10.2. The number of halogens is 1. The van der Waals surface area contributed by atoms with E-state index in [9.17, 15) is 13.2 Å². The van der Waals surface area contributed by atoms with Gasteiger partial charge in [-0.3, -0.25) is 9.69 Å². The van der Waals surface area contributed by atoms with Gasteiger partial charge >= 0.3 is 0 Å². The molecule has 2 aromatic rings. The van der Waals surface area contributed by atoms with E-state index in [4.69, 9.17) is 9.47 Å². The molecule has 1 fully saturated rings. The number of carbonyl (C=O) groups excluding carboxylic acids is 1. The van der Waals surface area contributed by atoms with Gasteiger partial charge < -0.3 is 9.47 Å². The van der Waals surface area contributed by atoms with Gasteiger partial charge in [-0.2, -0.15) is 8.42 Å². The summed E-state index contributed by atoms with van der Waals surface area (Å²) in [6, 6.07) is 11.6.